The predicted molar refractivity (Wildman–Crippen MR) is 86.6 cm³/mol. The highest BCUT2D eigenvalue weighted by molar-refractivity contribution is 6.18. The van der Waals surface area contributed by atoms with Gasteiger partial charge in [0.15, 0.2) is 5.78 Å². The van der Waals surface area contributed by atoms with Crippen molar-refractivity contribution in [3.05, 3.63) is 28.6 Å². The Morgan fingerprint density at radius 1 is 1.57 bits per heavy atom. The van der Waals surface area contributed by atoms with Crippen LogP contribution in [0.3, 0.4) is 0 Å². The summed E-state index contributed by atoms with van der Waals surface area (Å²) < 4.78 is 14.1. The smallest absolute Gasteiger partial charge is 0.217 e. The summed E-state index contributed by atoms with van der Waals surface area (Å²) in [5.74, 6) is -0.895. The van der Waals surface area contributed by atoms with Gasteiger partial charge >= 0.3 is 0 Å². The molecule has 0 aliphatic heterocycles. The first kappa shape index (κ1) is 17.7. The van der Waals surface area contributed by atoms with Crippen LogP contribution in [-0.4, -0.2) is 41.4 Å². The van der Waals surface area contributed by atoms with Gasteiger partial charge in [-0.15, -0.1) is 11.6 Å². The molecule has 7 heteroatoms. The highest BCUT2D eigenvalue weighted by Crippen LogP contribution is 2.32. The maximum Gasteiger partial charge on any atom is 0.217 e. The monoisotopic (exact) mass is 342 g/mol. The van der Waals surface area contributed by atoms with Crippen LogP contribution in [0.5, 0.6) is 0 Å². The number of carbonyl (C=O) groups excluding carboxylic acids is 2. The molecule has 5 nitrogen and oxygen atoms in total. The van der Waals surface area contributed by atoms with E-state index in [0.29, 0.717) is 35.2 Å². The number of benzene rings is 1. The third-order valence-corrected chi connectivity index (χ3v) is 4.34. The third-order valence-electron chi connectivity index (χ3n) is 3.98. The minimum absolute atomic E-state index is 0.0337. The zero-order valence-electron chi connectivity index (χ0n) is 13.1. The number of hydrogen-bond acceptors (Lipinski definition) is 4. The molecular formula is C16H20ClFN2O3. The molecule has 0 saturated carbocycles. The molecule has 3 N–H and O–H groups in total. The fraction of sp³-hybridized carbons (Fsp3) is 0.500. The Labute approximate surface area is 139 Å². The normalized spacial score (nSPS) is 18.3. The zero-order chi connectivity index (χ0) is 17.1. The summed E-state index contributed by atoms with van der Waals surface area (Å²) in [5, 5.41) is 15.1. The van der Waals surface area contributed by atoms with Gasteiger partial charge in [-0.1, -0.05) is 0 Å². The lowest BCUT2D eigenvalue weighted by Crippen LogP contribution is -2.43. The number of fused-ring (bicyclic) bond motifs is 1. The molecule has 1 aliphatic rings. The van der Waals surface area contributed by atoms with Gasteiger partial charge in [0, 0.05) is 24.7 Å². The van der Waals surface area contributed by atoms with E-state index in [0.717, 1.165) is 0 Å². The van der Waals surface area contributed by atoms with Gasteiger partial charge in [-0.3, -0.25) is 9.59 Å². The molecule has 0 fully saturated rings. The van der Waals surface area contributed by atoms with Crippen molar-refractivity contribution in [1.82, 2.24) is 5.32 Å². The van der Waals surface area contributed by atoms with Crippen molar-refractivity contribution in [3.63, 3.8) is 0 Å². The summed E-state index contributed by atoms with van der Waals surface area (Å²) in [6.07, 6.45) is 0.142. The van der Waals surface area contributed by atoms with Crippen LogP contribution >= 0.6 is 11.6 Å². The number of amides is 1. The van der Waals surface area contributed by atoms with Crippen LogP contribution in [-0.2, 0) is 11.2 Å². The number of anilines is 1. The van der Waals surface area contributed by atoms with Crippen molar-refractivity contribution >= 4 is 29.0 Å². The second kappa shape index (κ2) is 7.27. The van der Waals surface area contributed by atoms with Crippen LogP contribution in [0.4, 0.5) is 10.1 Å². The van der Waals surface area contributed by atoms with Crippen molar-refractivity contribution in [2.24, 2.45) is 0 Å². The second-order valence-electron chi connectivity index (χ2n) is 5.73. The first-order valence-corrected chi connectivity index (χ1v) is 7.99. The maximum atomic E-state index is 14.1. The van der Waals surface area contributed by atoms with Gasteiger partial charge in [-0.25, -0.2) is 4.39 Å². The molecule has 2 unspecified atom stereocenters. The summed E-state index contributed by atoms with van der Waals surface area (Å²) in [6.45, 7) is 3.10. The number of ketones is 1. The van der Waals surface area contributed by atoms with Crippen molar-refractivity contribution < 1.29 is 19.1 Å². The van der Waals surface area contributed by atoms with Gasteiger partial charge in [0.2, 0.25) is 5.91 Å². The lowest BCUT2D eigenvalue weighted by atomic mass is 9.83. The Hall–Kier alpha value is -1.66. The molecule has 2 atom stereocenters. The Bertz CT molecular complexity index is 636. The van der Waals surface area contributed by atoms with Crippen molar-refractivity contribution in [2.75, 3.05) is 17.7 Å². The van der Waals surface area contributed by atoms with E-state index in [4.69, 9.17) is 11.6 Å². The number of aliphatic hydroxyl groups is 1. The van der Waals surface area contributed by atoms with Crippen LogP contribution < -0.4 is 10.6 Å². The average molecular weight is 343 g/mol. The summed E-state index contributed by atoms with van der Waals surface area (Å²) in [4.78, 5) is 23.9. The largest absolute Gasteiger partial charge is 0.390 e. The van der Waals surface area contributed by atoms with Crippen molar-refractivity contribution in [1.29, 1.82) is 0 Å². The molecule has 1 amide bonds. The van der Waals surface area contributed by atoms with Gasteiger partial charge in [-0.05, 0) is 37.0 Å². The van der Waals surface area contributed by atoms with E-state index in [9.17, 15) is 19.1 Å². The number of rotatable bonds is 5. The molecule has 0 aromatic heterocycles. The van der Waals surface area contributed by atoms with Crippen LogP contribution in [0, 0.1) is 12.7 Å². The topological polar surface area (TPSA) is 78.4 Å². The minimum Gasteiger partial charge on any atom is -0.390 e. The molecule has 1 aromatic rings. The van der Waals surface area contributed by atoms with Gasteiger partial charge in [-0.2, -0.15) is 0 Å². The van der Waals surface area contributed by atoms with E-state index in [1.54, 1.807) is 6.92 Å². The highest BCUT2D eigenvalue weighted by Gasteiger charge is 2.32. The van der Waals surface area contributed by atoms with E-state index >= 15 is 0 Å². The lowest BCUT2D eigenvalue weighted by Gasteiger charge is -2.28. The Balaban J connectivity index is 2.39. The average Bonchev–Trinajstić information content (AvgIpc) is 2.50. The van der Waals surface area contributed by atoms with Gasteiger partial charge in [0.1, 0.15) is 5.82 Å². The van der Waals surface area contributed by atoms with E-state index in [1.807, 2.05) is 0 Å². The highest BCUT2D eigenvalue weighted by atomic mass is 35.5. The van der Waals surface area contributed by atoms with Crippen molar-refractivity contribution in [3.8, 4) is 0 Å². The van der Waals surface area contributed by atoms with E-state index in [2.05, 4.69) is 10.6 Å². The van der Waals surface area contributed by atoms with E-state index in [-0.39, 0.29) is 24.1 Å². The number of halogens is 2. The Morgan fingerprint density at radius 2 is 2.26 bits per heavy atom. The Kier molecular flexibility index (Phi) is 5.59. The molecular weight excluding hydrogens is 323 g/mol. The van der Waals surface area contributed by atoms with Gasteiger partial charge < -0.3 is 15.7 Å². The minimum atomic E-state index is -0.804. The molecule has 0 saturated heterocycles. The first-order chi connectivity index (χ1) is 10.8. The number of carbonyl (C=O) groups is 2. The van der Waals surface area contributed by atoms with Crippen molar-refractivity contribution in [2.45, 2.75) is 38.8 Å². The number of hydrogen-bond donors (Lipinski definition) is 3. The molecule has 0 spiro atoms. The molecule has 126 valence electrons. The predicted octanol–water partition coefficient (Wildman–Crippen LogP) is 1.78. The molecule has 0 radical (unpaired) electrons. The number of aliphatic hydroxyl groups excluding tert-OH is 1. The van der Waals surface area contributed by atoms with Crippen LogP contribution in [0.2, 0.25) is 0 Å². The first-order valence-electron chi connectivity index (χ1n) is 7.46. The van der Waals surface area contributed by atoms with Crippen LogP contribution in [0.15, 0.2) is 6.07 Å². The maximum absolute atomic E-state index is 14.1. The third kappa shape index (κ3) is 3.82. The quantitative estimate of drug-likeness (QED) is 0.713. The fourth-order valence-corrected chi connectivity index (χ4v) is 2.90. The molecule has 0 heterocycles. The summed E-state index contributed by atoms with van der Waals surface area (Å²) in [5.41, 5.74) is 1.81. The van der Waals surface area contributed by atoms with Gasteiger partial charge in [0.25, 0.3) is 0 Å². The van der Waals surface area contributed by atoms with E-state index < -0.39 is 18.0 Å². The number of Topliss-reactive ketones (excluding diaryl/α,β-unsaturated/α-hetero) is 1. The fourth-order valence-electron chi connectivity index (χ4n) is 2.79. The lowest BCUT2D eigenvalue weighted by molar-refractivity contribution is -0.119. The molecule has 23 heavy (non-hydrogen) atoms. The molecule has 2 rings (SSSR count). The Morgan fingerprint density at radius 3 is 2.87 bits per heavy atom. The summed E-state index contributed by atoms with van der Waals surface area (Å²) in [7, 11) is 0. The SMILES string of the molecule is CC(=O)NC1CCc2c(C)c(F)cc(NCC(O)CCl)c2C1=O. The number of nitrogens with one attached hydrogen (secondary N) is 2. The molecule has 1 aliphatic carbocycles. The number of alkyl halides is 1. The van der Waals surface area contributed by atoms with Crippen LogP contribution in [0.25, 0.3) is 0 Å². The van der Waals surface area contributed by atoms with Gasteiger partial charge in [0.05, 0.1) is 18.0 Å². The zero-order valence-corrected chi connectivity index (χ0v) is 13.8. The molecule has 1 aromatic carbocycles. The molecule has 0 bridgehead atoms. The summed E-state index contributed by atoms with van der Waals surface area (Å²) >= 11 is 5.55. The standard InChI is InChI=1S/C16H20ClFN2O3/c1-8-11-3-4-13(20-9(2)21)16(23)15(11)14(5-12(8)18)19-7-10(22)6-17/h5,10,13,19,22H,3-4,6-7H2,1-2H3,(H,20,21). The van der Waals surface area contributed by atoms with Crippen LogP contribution in [0.1, 0.15) is 34.8 Å². The summed E-state index contributed by atoms with van der Waals surface area (Å²) in [6, 6.07) is 0.645. The van der Waals surface area contributed by atoms with E-state index in [1.165, 1.54) is 13.0 Å². The second-order valence-corrected chi connectivity index (χ2v) is 6.04.